The zero-order chi connectivity index (χ0) is 16.9. The van der Waals surface area contributed by atoms with Gasteiger partial charge in [-0.2, -0.15) is 0 Å². The number of rotatable bonds is 16. The van der Waals surface area contributed by atoms with Gasteiger partial charge in [0, 0.05) is 0 Å². The molecule has 0 aliphatic heterocycles. The molecular formula is C19H43NO2. The lowest BCUT2D eigenvalue weighted by Gasteiger charge is -2.08. The van der Waals surface area contributed by atoms with Crippen molar-refractivity contribution in [1.82, 2.24) is 4.90 Å². The maximum atomic E-state index is 6.00. The Labute approximate surface area is 140 Å². The zero-order valence-corrected chi connectivity index (χ0v) is 15.7. The molecule has 0 saturated heterocycles. The lowest BCUT2D eigenvalue weighted by Crippen LogP contribution is -2.12. The fourth-order valence-electron chi connectivity index (χ4n) is 2.80. The standard InChI is InChI=1S/C19H41N.H2O2/c1-4-5-6-7-8-9-10-11-12-13-14-15-16-17-18-19-20(2)3;1-2/h4-19H2,1-3H3;1-2H. The fourth-order valence-corrected chi connectivity index (χ4v) is 2.80. The summed E-state index contributed by atoms with van der Waals surface area (Å²) in [6, 6.07) is 0. The first-order valence-electron chi connectivity index (χ1n) is 9.62. The Bertz CT molecular complexity index is 175. The van der Waals surface area contributed by atoms with Gasteiger partial charge in [0.25, 0.3) is 0 Å². The van der Waals surface area contributed by atoms with Crippen LogP contribution in [0.25, 0.3) is 0 Å². The van der Waals surface area contributed by atoms with Crippen molar-refractivity contribution in [2.75, 3.05) is 20.6 Å². The van der Waals surface area contributed by atoms with Gasteiger partial charge in [0.1, 0.15) is 0 Å². The van der Waals surface area contributed by atoms with E-state index in [1.807, 2.05) is 0 Å². The van der Waals surface area contributed by atoms with Gasteiger partial charge in [-0.25, -0.2) is 0 Å². The predicted octanol–water partition coefficient (Wildman–Crippen LogP) is 6.44. The van der Waals surface area contributed by atoms with Gasteiger partial charge in [0.15, 0.2) is 0 Å². The molecule has 3 heteroatoms. The molecule has 3 nitrogen and oxygen atoms in total. The molecule has 22 heavy (non-hydrogen) atoms. The molecule has 0 aliphatic rings. The highest BCUT2D eigenvalue weighted by Gasteiger charge is 1.94. The SMILES string of the molecule is CCCCCCCCCCCCCCCCCN(C)C.OO. The maximum absolute atomic E-state index is 6.00. The van der Waals surface area contributed by atoms with Crippen LogP contribution in [0.4, 0.5) is 0 Å². The number of hydrogen-bond acceptors (Lipinski definition) is 3. The number of unbranched alkanes of at least 4 members (excludes halogenated alkanes) is 14. The van der Waals surface area contributed by atoms with Crippen LogP contribution in [0.1, 0.15) is 103 Å². The van der Waals surface area contributed by atoms with Crippen LogP contribution in [0.15, 0.2) is 0 Å². The first kappa shape index (κ1) is 24.1. The molecule has 0 atom stereocenters. The third-order valence-corrected chi connectivity index (χ3v) is 4.21. The van der Waals surface area contributed by atoms with Crippen molar-refractivity contribution < 1.29 is 10.5 Å². The van der Waals surface area contributed by atoms with Crippen molar-refractivity contribution in [3.05, 3.63) is 0 Å². The molecule has 0 spiro atoms. The Morgan fingerprint density at radius 2 is 0.773 bits per heavy atom. The summed E-state index contributed by atoms with van der Waals surface area (Å²) in [4.78, 5) is 2.29. The first-order chi connectivity index (χ1) is 10.8. The van der Waals surface area contributed by atoms with Crippen LogP contribution in [0.5, 0.6) is 0 Å². The summed E-state index contributed by atoms with van der Waals surface area (Å²) < 4.78 is 0. The molecule has 0 heterocycles. The van der Waals surface area contributed by atoms with E-state index in [1.54, 1.807) is 0 Å². The number of hydrogen-bond donors (Lipinski definition) is 2. The average Bonchev–Trinajstić information content (AvgIpc) is 2.53. The topological polar surface area (TPSA) is 43.7 Å². The van der Waals surface area contributed by atoms with Crippen molar-refractivity contribution in [3.8, 4) is 0 Å². The largest absolute Gasteiger partial charge is 0.309 e. The summed E-state index contributed by atoms with van der Waals surface area (Å²) in [5, 5.41) is 12.0. The van der Waals surface area contributed by atoms with E-state index < -0.39 is 0 Å². The van der Waals surface area contributed by atoms with E-state index in [9.17, 15) is 0 Å². The molecule has 0 radical (unpaired) electrons. The highest BCUT2D eigenvalue weighted by atomic mass is 17.0. The molecular weight excluding hydrogens is 274 g/mol. The van der Waals surface area contributed by atoms with Gasteiger partial charge in [0.05, 0.1) is 0 Å². The third-order valence-electron chi connectivity index (χ3n) is 4.21. The zero-order valence-electron chi connectivity index (χ0n) is 15.7. The molecule has 0 rings (SSSR count). The quantitative estimate of drug-likeness (QED) is 0.196. The Balaban J connectivity index is 0. The van der Waals surface area contributed by atoms with Gasteiger partial charge in [-0.3, -0.25) is 10.5 Å². The van der Waals surface area contributed by atoms with Crippen LogP contribution < -0.4 is 0 Å². The summed E-state index contributed by atoms with van der Waals surface area (Å²) in [6.45, 7) is 3.56. The van der Waals surface area contributed by atoms with E-state index in [1.165, 1.54) is 103 Å². The first-order valence-corrected chi connectivity index (χ1v) is 9.62. The Morgan fingerprint density at radius 1 is 0.500 bits per heavy atom. The highest BCUT2D eigenvalue weighted by molar-refractivity contribution is 4.50. The van der Waals surface area contributed by atoms with Gasteiger partial charge < -0.3 is 4.90 Å². The van der Waals surface area contributed by atoms with Crippen LogP contribution in [0.3, 0.4) is 0 Å². The molecule has 0 aromatic heterocycles. The van der Waals surface area contributed by atoms with Crippen molar-refractivity contribution in [2.45, 2.75) is 103 Å². The molecule has 0 saturated carbocycles. The van der Waals surface area contributed by atoms with E-state index in [0.717, 1.165) is 0 Å². The summed E-state index contributed by atoms with van der Waals surface area (Å²) in [6.07, 6.45) is 21.8. The fraction of sp³-hybridized carbons (Fsp3) is 1.00. The van der Waals surface area contributed by atoms with Gasteiger partial charge >= 0.3 is 0 Å². The summed E-state index contributed by atoms with van der Waals surface area (Å²) in [5.41, 5.74) is 0. The normalized spacial score (nSPS) is 10.6. The van der Waals surface area contributed by atoms with Crippen molar-refractivity contribution in [2.24, 2.45) is 0 Å². The monoisotopic (exact) mass is 317 g/mol. The van der Waals surface area contributed by atoms with E-state index in [0.29, 0.717) is 0 Å². The minimum atomic E-state index is 1.26. The second-order valence-electron chi connectivity index (χ2n) is 6.75. The van der Waals surface area contributed by atoms with Crippen LogP contribution in [-0.4, -0.2) is 36.1 Å². The van der Waals surface area contributed by atoms with Crippen LogP contribution in [0.2, 0.25) is 0 Å². The molecule has 136 valence electrons. The van der Waals surface area contributed by atoms with Gasteiger partial charge in [-0.1, -0.05) is 96.8 Å². The molecule has 0 bridgehead atoms. The molecule has 2 N–H and O–H groups in total. The molecule has 0 aromatic rings. The lowest BCUT2D eigenvalue weighted by atomic mass is 10.0. The highest BCUT2D eigenvalue weighted by Crippen LogP contribution is 2.13. The summed E-state index contributed by atoms with van der Waals surface area (Å²) in [7, 11) is 4.34. The third kappa shape index (κ3) is 24.9. The minimum absolute atomic E-state index is 1.26. The van der Waals surface area contributed by atoms with Crippen molar-refractivity contribution in [1.29, 1.82) is 0 Å². The lowest BCUT2D eigenvalue weighted by molar-refractivity contribution is -0.176. The average molecular weight is 318 g/mol. The van der Waals surface area contributed by atoms with E-state index in [-0.39, 0.29) is 0 Å². The van der Waals surface area contributed by atoms with E-state index in [4.69, 9.17) is 10.5 Å². The minimum Gasteiger partial charge on any atom is -0.309 e. The molecule has 0 fully saturated rings. The smallest absolute Gasteiger partial charge is 0.00248 e. The molecule has 0 amide bonds. The summed E-state index contributed by atoms with van der Waals surface area (Å²) >= 11 is 0. The maximum Gasteiger partial charge on any atom is -0.00248 e. The van der Waals surface area contributed by atoms with Crippen LogP contribution in [0, 0.1) is 0 Å². The van der Waals surface area contributed by atoms with Crippen LogP contribution >= 0.6 is 0 Å². The second-order valence-corrected chi connectivity index (χ2v) is 6.75. The Morgan fingerprint density at radius 3 is 1.05 bits per heavy atom. The predicted molar refractivity (Wildman–Crippen MR) is 98.7 cm³/mol. The van der Waals surface area contributed by atoms with Gasteiger partial charge in [-0.15, -0.1) is 0 Å². The number of nitrogens with zero attached hydrogens (tertiary/aromatic N) is 1. The molecule has 0 aliphatic carbocycles. The Hall–Kier alpha value is -0.120. The van der Waals surface area contributed by atoms with Crippen molar-refractivity contribution >= 4 is 0 Å². The summed E-state index contributed by atoms with van der Waals surface area (Å²) in [5.74, 6) is 0. The van der Waals surface area contributed by atoms with Gasteiger partial charge in [-0.05, 0) is 27.1 Å². The van der Waals surface area contributed by atoms with Crippen molar-refractivity contribution in [3.63, 3.8) is 0 Å². The van der Waals surface area contributed by atoms with Crippen LogP contribution in [-0.2, 0) is 0 Å². The van der Waals surface area contributed by atoms with E-state index >= 15 is 0 Å². The second kappa shape index (κ2) is 23.2. The van der Waals surface area contributed by atoms with Gasteiger partial charge in [0.2, 0.25) is 0 Å². The molecule has 0 aromatic carbocycles. The molecule has 0 unspecified atom stereocenters. The Kier molecular flexibility index (Phi) is 25.4. The van der Waals surface area contributed by atoms with E-state index in [2.05, 4.69) is 25.9 Å².